The first-order valence-electron chi connectivity index (χ1n) is 5.87. The Bertz CT molecular complexity index is 797. The van der Waals surface area contributed by atoms with Gasteiger partial charge in [0.15, 0.2) is 5.65 Å². The van der Waals surface area contributed by atoms with E-state index in [2.05, 4.69) is 21.8 Å². The molecule has 6 heteroatoms. The van der Waals surface area contributed by atoms with Crippen LogP contribution in [0.2, 0.25) is 0 Å². The molecule has 0 saturated carbocycles. The van der Waals surface area contributed by atoms with Gasteiger partial charge >= 0.3 is 0 Å². The topological polar surface area (TPSA) is 76.8 Å². The van der Waals surface area contributed by atoms with Crippen LogP contribution in [0.5, 0.6) is 11.5 Å². The molecule has 0 spiro atoms. The van der Waals surface area contributed by atoms with Crippen molar-refractivity contribution in [2.75, 3.05) is 5.73 Å². The van der Waals surface area contributed by atoms with Crippen LogP contribution < -0.4 is 10.5 Å². The first-order valence-corrected chi connectivity index (χ1v) is 5.87. The average Bonchev–Trinajstić information content (AvgIpc) is 2.87. The van der Waals surface area contributed by atoms with E-state index in [0.717, 1.165) is 0 Å². The number of nitrogens with one attached hydrogen (secondary N) is 1. The summed E-state index contributed by atoms with van der Waals surface area (Å²) in [4.78, 5) is 4.12. The van der Waals surface area contributed by atoms with E-state index in [1.807, 2.05) is 0 Å². The Morgan fingerprint density at radius 2 is 2.20 bits per heavy atom. The van der Waals surface area contributed by atoms with Gasteiger partial charge in [0.05, 0.1) is 16.8 Å². The molecule has 0 aliphatic rings. The lowest BCUT2D eigenvalue weighted by molar-refractivity contribution is 0.482. The highest BCUT2D eigenvalue weighted by molar-refractivity contribution is 5.89. The number of anilines is 1. The number of hydrogen-bond acceptors (Lipinski definition) is 4. The molecule has 0 saturated heterocycles. The van der Waals surface area contributed by atoms with E-state index in [1.54, 1.807) is 24.4 Å². The SMILES string of the molecule is C=Cc1[nH]nc2nccc(Oc3ccc(N)c(F)c3)c12. The van der Waals surface area contributed by atoms with Gasteiger partial charge in [0.2, 0.25) is 0 Å². The van der Waals surface area contributed by atoms with Gasteiger partial charge in [0.25, 0.3) is 0 Å². The number of rotatable bonds is 3. The second-order valence-electron chi connectivity index (χ2n) is 4.13. The predicted octanol–water partition coefficient (Wildman–Crippen LogP) is 3.11. The fourth-order valence-corrected chi connectivity index (χ4v) is 1.87. The van der Waals surface area contributed by atoms with E-state index >= 15 is 0 Å². The van der Waals surface area contributed by atoms with E-state index in [9.17, 15) is 4.39 Å². The summed E-state index contributed by atoms with van der Waals surface area (Å²) in [7, 11) is 0. The van der Waals surface area contributed by atoms with Gasteiger partial charge in [-0.25, -0.2) is 9.37 Å². The molecule has 2 aromatic heterocycles. The number of aromatic nitrogens is 3. The van der Waals surface area contributed by atoms with Crippen LogP contribution in [-0.2, 0) is 0 Å². The van der Waals surface area contributed by atoms with Gasteiger partial charge in [0.1, 0.15) is 17.3 Å². The number of nitrogens with two attached hydrogens (primary N) is 1. The van der Waals surface area contributed by atoms with E-state index in [1.165, 1.54) is 12.1 Å². The molecule has 3 aromatic rings. The summed E-state index contributed by atoms with van der Waals surface area (Å²) in [6.07, 6.45) is 3.19. The normalized spacial score (nSPS) is 10.7. The third kappa shape index (κ3) is 1.97. The molecule has 5 nitrogen and oxygen atoms in total. The van der Waals surface area contributed by atoms with Crippen LogP contribution >= 0.6 is 0 Å². The van der Waals surface area contributed by atoms with E-state index < -0.39 is 5.82 Å². The summed E-state index contributed by atoms with van der Waals surface area (Å²) < 4.78 is 19.1. The molecule has 3 rings (SSSR count). The van der Waals surface area contributed by atoms with Crippen molar-refractivity contribution in [3.63, 3.8) is 0 Å². The molecule has 20 heavy (non-hydrogen) atoms. The van der Waals surface area contributed by atoms with Gasteiger partial charge < -0.3 is 10.5 Å². The lowest BCUT2D eigenvalue weighted by Crippen LogP contribution is -1.92. The maximum atomic E-state index is 13.4. The van der Waals surface area contributed by atoms with Crippen molar-refractivity contribution in [1.29, 1.82) is 0 Å². The van der Waals surface area contributed by atoms with Crippen molar-refractivity contribution >= 4 is 22.8 Å². The Morgan fingerprint density at radius 1 is 1.35 bits per heavy atom. The number of pyridine rings is 1. The van der Waals surface area contributed by atoms with Crippen molar-refractivity contribution in [2.24, 2.45) is 0 Å². The number of halogens is 1. The zero-order chi connectivity index (χ0) is 14.1. The molecule has 0 bridgehead atoms. The summed E-state index contributed by atoms with van der Waals surface area (Å²) >= 11 is 0. The van der Waals surface area contributed by atoms with E-state index in [-0.39, 0.29) is 5.69 Å². The minimum Gasteiger partial charge on any atom is -0.456 e. The van der Waals surface area contributed by atoms with Crippen LogP contribution in [0.3, 0.4) is 0 Å². The number of nitrogen functional groups attached to an aromatic ring is 1. The Hall–Kier alpha value is -2.89. The van der Waals surface area contributed by atoms with Gasteiger partial charge in [0, 0.05) is 12.3 Å². The number of benzene rings is 1. The van der Waals surface area contributed by atoms with Crippen molar-refractivity contribution in [1.82, 2.24) is 15.2 Å². The molecule has 0 aliphatic heterocycles. The highest BCUT2D eigenvalue weighted by Gasteiger charge is 2.11. The zero-order valence-electron chi connectivity index (χ0n) is 10.4. The van der Waals surface area contributed by atoms with Crippen molar-refractivity contribution < 1.29 is 9.13 Å². The van der Waals surface area contributed by atoms with Gasteiger partial charge in [-0.15, -0.1) is 0 Å². The molecular formula is C14H11FN4O. The van der Waals surface area contributed by atoms with Gasteiger partial charge in [-0.1, -0.05) is 6.58 Å². The smallest absolute Gasteiger partial charge is 0.185 e. The summed E-state index contributed by atoms with van der Waals surface area (Å²) in [5.74, 6) is 0.340. The third-order valence-electron chi connectivity index (χ3n) is 2.85. The average molecular weight is 270 g/mol. The minimum absolute atomic E-state index is 0.0762. The van der Waals surface area contributed by atoms with E-state index in [4.69, 9.17) is 10.5 Å². The second-order valence-corrected chi connectivity index (χ2v) is 4.13. The molecule has 3 N–H and O–H groups in total. The van der Waals surface area contributed by atoms with Crippen molar-refractivity contribution in [3.8, 4) is 11.5 Å². The number of fused-ring (bicyclic) bond motifs is 1. The van der Waals surface area contributed by atoms with Crippen LogP contribution in [0.15, 0.2) is 37.0 Å². The summed E-state index contributed by atoms with van der Waals surface area (Å²) in [6, 6.07) is 5.96. The predicted molar refractivity (Wildman–Crippen MR) is 74.9 cm³/mol. The third-order valence-corrected chi connectivity index (χ3v) is 2.85. The quantitative estimate of drug-likeness (QED) is 0.717. The Kier molecular flexibility index (Phi) is 2.83. The highest BCUT2D eigenvalue weighted by Crippen LogP contribution is 2.31. The van der Waals surface area contributed by atoms with Crippen LogP contribution in [-0.4, -0.2) is 15.2 Å². The summed E-state index contributed by atoms with van der Waals surface area (Å²) in [5, 5.41) is 7.54. The molecule has 0 amide bonds. The van der Waals surface area contributed by atoms with Crippen LogP contribution in [0.4, 0.5) is 10.1 Å². The molecule has 100 valence electrons. The number of ether oxygens (including phenoxy) is 1. The second kappa shape index (κ2) is 4.65. The van der Waals surface area contributed by atoms with Gasteiger partial charge in [-0.3, -0.25) is 5.10 Å². The molecule has 0 fully saturated rings. The molecule has 2 heterocycles. The summed E-state index contributed by atoms with van der Waals surface area (Å²) in [6.45, 7) is 3.70. The van der Waals surface area contributed by atoms with Crippen LogP contribution in [0.1, 0.15) is 5.69 Å². The molecule has 0 aliphatic carbocycles. The standard InChI is InChI=1S/C14H11FN4O/c1-2-11-13-12(5-6-17-14(13)19-18-11)20-8-3-4-10(16)9(15)7-8/h2-7H,1,16H2,(H,17,18,19). The number of aromatic amines is 1. The largest absolute Gasteiger partial charge is 0.456 e. The number of nitrogens with zero attached hydrogens (tertiary/aromatic N) is 2. The first-order chi connectivity index (χ1) is 9.69. The molecule has 0 atom stereocenters. The maximum absolute atomic E-state index is 13.4. The number of hydrogen-bond donors (Lipinski definition) is 2. The molecule has 1 aromatic carbocycles. The maximum Gasteiger partial charge on any atom is 0.185 e. The lowest BCUT2D eigenvalue weighted by Gasteiger charge is -2.07. The molecule has 0 unspecified atom stereocenters. The summed E-state index contributed by atoms with van der Waals surface area (Å²) in [5.41, 5.74) is 6.71. The molecular weight excluding hydrogens is 259 g/mol. The molecule has 0 radical (unpaired) electrons. The van der Waals surface area contributed by atoms with E-state index in [0.29, 0.717) is 28.2 Å². The minimum atomic E-state index is -0.524. The highest BCUT2D eigenvalue weighted by atomic mass is 19.1. The van der Waals surface area contributed by atoms with Gasteiger partial charge in [-0.05, 0) is 24.3 Å². The van der Waals surface area contributed by atoms with Crippen LogP contribution in [0.25, 0.3) is 17.1 Å². The van der Waals surface area contributed by atoms with Crippen molar-refractivity contribution in [3.05, 3.63) is 48.6 Å². The Morgan fingerprint density at radius 3 is 2.95 bits per heavy atom. The fraction of sp³-hybridized carbons (Fsp3) is 0. The number of H-pyrrole nitrogens is 1. The van der Waals surface area contributed by atoms with Crippen molar-refractivity contribution in [2.45, 2.75) is 0 Å². The Balaban J connectivity index is 2.08. The Labute approximate surface area is 113 Å². The van der Waals surface area contributed by atoms with Gasteiger partial charge in [-0.2, -0.15) is 5.10 Å². The lowest BCUT2D eigenvalue weighted by atomic mass is 10.2. The first kappa shape index (κ1) is 12.2. The monoisotopic (exact) mass is 270 g/mol. The van der Waals surface area contributed by atoms with Crippen LogP contribution in [0, 0.1) is 5.82 Å². The zero-order valence-corrected chi connectivity index (χ0v) is 10.4. The fourth-order valence-electron chi connectivity index (χ4n) is 1.87.